The van der Waals surface area contributed by atoms with Crippen molar-refractivity contribution < 1.29 is 13.2 Å². The van der Waals surface area contributed by atoms with Crippen molar-refractivity contribution >= 4 is 33.3 Å². The third kappa shape index (κ3) is 5.13. The van der Waals surface area contributed by atoms with E-state index < -0.39 is 16.1 Å². The Morgan fingerprint density at radius 3 is 2.30 bits per heavy atom. The summed E-state index contributed by atoms with van der Waals surface area (Å²) in [5.74, 6) is -0.0906. The summed E-state index contributed by atoms with van der Waals surface area (Å²) in [6, 6.07) is 19.0. The lowest BCUT2D eigenvalue weighted by molar-refractivity contribution is 0.253. The Kier molecular flexibility index (Phi) is 6.00. The molecule has 10 heteroatoms. The summed E-state index contributed by atoms with van der Waals surface area (Å²) < 4.78 is 23.5. The topological polar surface area (TPSA) is 165 Å². The monoisotopic (exact) mass is 423 g/mol. The zero-order valence-electron chi connectivity index (χ0n) is 15.7. The van der Waals surface area contributed by atoms with Gasteiger partial charge in [-0.05, 0) is 35.9 Å². The van der Waals surface area contributed by atoms with Gasteiger partial charge in [-0.1, -0.05) is 42.5 Å². The Bertz CT molecular complexity index is 1190. The number of hydrogen-bond acceptors (Lipinski definition) is 5. The van der Waals surface area contributed by atoms with E-state index in [1.807, 2.05) is 0 Å². The highest BCUT2D eigenvalue weighted by atomic mass is 32.2. The minimum Gasteiger partial charge on any atom is -0.384 e. The minimum absolute atomic E-state index is 0.0220. The van der Waals surface area contributed by atoms with Crippen LogP contribution in [-0.4, -0.2) is 20.3 Å². The van der Waals surface area contributed by atoms with Crippen LogP contribution in [0.5, 0.6) is 0 Å². The molecule has 1 radical (unpaired) electrons. The molecule has 9 nitrogen and oxygen atoms in total. The molecule has 0 fully saturated rings. The maximum atomic E-state index is 12.0. The second kappa shape index (κ2) is 8.64. The highest BCUT2D eigenvalue weighted by Crippen LogP contribution is 2.27. The molecule has 0 bridgehead atoms. The first kappa shape index (κ1) is 20.8. The number of primary sulfonamides is 1. The summed E-state index contributed by atoms with van der Waals surface area (Å²) >= 11 is 0. The molecule has 0 atom stereocenters. The summed E-state index contributed by atoms with van der Waals surface area (Å²) in [4.78, 5) is 12.1. The lowest BCUT2D eigenvalue weighted by Gasteiger charge is -2.10. The van der Waals surface area contributed by atoms with Gasteiger partial charge in [0, 0.05) is 16.8 Å². The summed E-state index contributed by atoms with van der Waals surface area (Å²) in [6.07, 6.45) is 0. The van der Waals surface area contributed by atoms with Crippen LogP contribution in [-0.2, 0) is 10.0 Å². The molecule has 0 heterocycles. The standard InChI is InChI=1S/C20H19N6O3S/c21-19(22)14-4-3-5-16(12-14)25-26-20(27)24-15-10-8-13(9-11-15)17-6-1-2-7-18(17)30(23,28)29/h1-12,25H,(H3,21,22)(H,24,27)(H2,23,28,29). The largest absolute Gasteiger partial charge is 0.384 e. The zero-order chi connectivity index (χ0) is 21.7. The molecule has 0 unspecified atom stereocenters. The van der Waals surface area contributed by atoms with E-state index in [4.69, 9.17) is 16.3 Å². The smallest absolute Gasteiger partial charge is 0.362 e. The summed E-state index contributed by atoms with van der Waals surface area (Å²) in [7, 11) is -3.87. The van der Waals surface area contributed by atoms with Gasteiger partial charge in [0.25, 0.3) is 0 Å². The molecule has 0 aliphatic heterocycles. The number of nitrogens with one attached hydrogen (secondary N) is 3. The number of amides is 2. The molecule has 0 spiro atoms. The van der Waals surface area contributed by atoms with Crippen molar-refractivity contribution in [3.8, 4) is 11.1 Å². The highest BCUT2D eigenvalue weighted by Gasteiger charge is 2.14. The van der Waals surface area contributed by atoms with Crippen LogP contribution in [0.4, 0.5) is 16.2 Å². The van der Waals surface area contributed by atoms with E-state index in [1.54, 1.807) is 66.7 Å². The SMILES string of the molecule is N=C(N)c1cccc(N[N]C(=O)Nc2ccc(-c3ccccc3S(N)(=O)=O)cc2)c1. The normalized spacial score (nSPS) is 10.8. The van der Waals surface area contributed by atoms with E-state index in [-0.39, 0.29) is 10.7 Å². The first-order valence-electron chi connectivity index (χ1n) is 8.68. The van der Waals surface area contributed by atoms with Gasteiger partial charge >= 0.3 is 6.03 Å². The van der Waals surface area contributed by atoms with Gasteiger partial charge in [-0.3, -0.25) is 10.8 Å². The van der Waals surface area contributed by atoms with Crippen molar-refractivity contribution in [2.75, 3.05) is 10.7 Å². The number of rotatable bonds is 6. The average molecular weight is 423 g/mol. The van der Waals surface area contributed by atoms with Crippen molar-refractivity contribution in [1.82, 2.24) is 5.43 Å². The Balaban J connectivity index is 1.66. The third-order valence-corrected chi connectivity index (χ3v) is 5.07. The molecule has 2 amide bonds. The minimum atomic E-state index is -3.87. The number of sulfonamides is 1. The van der Waals surface area contributed by atoms with Gasteiger partial charge < -0.3 is 11.1 Å². The molecule has 3 aromatic carbocycles. The predicted octanol–water partition coefficient (Wildman–Crippen LogP) is 2.45. The molecule has 153 valence electrons. The second-order valence-electron chi connectivity index (χ2n) is 6.27. The van der Waals surface area contributed by atoms with Gasteiger partial charge in [0.2, 0.25) is 10.0 Å². The van der Waals surface area contributed by atoms with E-state index in [0.29, 0.717) is 28.1 Å². The first-order chi connectivity index (χ1) is 14.2. The first-order valence-corrected chi connectivity index (χ1v) is 10.2. The quantitative estimate of drug-likeness (QED) is 0.233. The van der Waals surface area contributed by atoms with Gasteiger partial charge in [-0.25, -0.2) is 18.4 Å². The zero-order valence-corrected chi connectivity index (χ0v) is 16.5. The van der Waals surface area contributed by atoms with E-state index in [2.05, 4.69) is 16.2 Å². The fourth-order valence-electron chi connectivity index (χ4n) is 2.71. The van der Waals surface area contributed by atoms with Crippen LogP contribution >= 0.6 is 0 Å². The molecule has 0 saturated heterocycles. The lowest BCUT2D eigenvalue weighted by Crippen LogP contribution is -2.26. The number of carbonyl (C=O) groups is 1. The van der Waals surface area contributed by atoms with Gasteiger partial charge in [0.1, 0.15) is 5.84 Å². The number of anilines is 2. The molecule has 0 aromatic heterocycles. The Morgan fingerprint density at radius 1 is 0.933 bits per heavy atom. The maximum Gasteiger partial charge on any atom is 0.362 e. The van der Waals surface area contributed by atoms with Crippen molar-refractivity contribution in [2.24, 2.45) is 10.9 Å². The van der Waals surface area contributed by atoms with Crippen LogP contribution in [0.1, 0.15) is 5.56 Å². The van der Waals surface area contributed by atoms with Crippen molar-refractivity contribution in [1.29, 1.82) is 5.41 Å². The Morgan fingerprint density at radius 2 is 1.63 bits per heavy atom. The molecule has 7 N–H and O–H groups in total. The van der Waals surface area contributed by atoms with Crippen LogP contribution in [0.15, 0.2) is 77.7 Å². The predicted molar refractivity (Wildman–Crippen MR) is 115 cm³/mol. The highest BCUT2D eigenvalue weighted by molar-refractivity contribution is 7.89. The van der Waals surface area contributed by atoms with Gasteiger partial charge in [-0.2, -0.15) is 0 Å². The summed E-state index contributed by atoms with van der Waals surface area (Å²) in [6.45, 7) is 0. The molecule has 3 rings (SSSR count). The number of urea groups is 1. The number of carbonyl (C=O) groups excluding carboxylic acids is 1. The third-order valence-electron chi connectivity index (χ3n) is 4.10. The molecule has 0 saturated carbocycles. The molecular formula is C20H19N6O3S. The number of amidine groups is 1. The van der Waals surface area contributed by atoms with Crippen LogP contribution in [0.25, 0.3) is 11.1 Å². The van der Waals surface area contributed by atoms with E-state index in [9.17, 15) is 13.2 Å². The van der Waals surface area contributed by atoms with Gasteiger partial charge in [-0.15, -0.1) is 5.43 Å². The van der Waals surface area contributed by atoms with Crippen molar-refractivity contribution in [3.05, 3.63) is 78.4 Å². The number of nitrogen functional groups attached to an aromatic ring is 1. The molecule has 30 heavy (non-hydrogen) atoms. The van der Waals surface area contributed by atoms with Crippen molar-refractivity contribution in [2.45, 2.75) is 4.90 Å². The molecule has 3 aromatic rings. The van der Waals surface area contributed by atoms with E-state index >= 15 is 0 Å². The van der Waals surface area contributed by atoms with Crippen LogP contribution < -0.4 is 27.0 Å². The summed E-state index contributed by atoms with van der Waals surface area (Å²) in [5, 5.41) is 15.3. The number of nitrogens with zero attached hydrogens (tertiary/aromatic N) is 1. The van der Waals surface area contributed by atoms with Gasteiger partial charge in [0.05, 0.1) is 10.6 Å². The summed E-state index contributed by atoms with van der Waals surface area (Å²) in [5.41, 5.74) is 14.3. The lowest BCUT2D eigenvalue weighted by atomic mass is 10.1. The van der Waals surface area contributed by atoms with Gasteiger partial charge in [0.15, 0.2) is 0 Å². The number of benzene rings is 3. The number of hydrogen-bond donors (Lipinski definition) is 5. The fraction of sp³-hybridized carbons (Fsp3) is 0. The maximum absolute atomic E-state index is 12.0. The van der Waals surface area contributed by atoms with Crippen LogP contribution in [0.2, 0.25) is 0 Å². The number of nitrogens with two attached hydrogens (primary N) is 2. The average Bonchev–Trinajstić information content (AvgIpc) is 2.72. The molecular weight excluding hydrogens is 404 g/mol. The van der Waals surface area contributed by atoms with Crippen LogP contribution in [0.3, 0.4) is 0 Å². The molecule has 0 aliphatic carbocycles. The van der Waals surface area contributed by atoms with Crippen molar-refractivity contribution in [3.63, 3.8) is 0 Å². The van der Waals surface area contributed by atoms with Crippen LogP contribution in [0, 0.1) is 5.41 Å². The fourth-order valence-corrected chi connectivity index (χ4v) is 3.47. The Hall–Kier alpha value is -3.89. The van der Waals surface area contributed by atoms with E-state index in [1.165, 1.54) is 6.07 Å². The molecule has 0 aliphatic rings. The second-order valence-corrected chi connectivity index (χ2v) is 7.80. The van der Waals surface area contributed by atoms with E-state index in [0.717, 1.165) is 0 Å². The Labute approximate surface area is 173 Å².